The van der Waals surface area contributed by atoms with Gasteiger partial charge in [0.25, 0.3) is 5.91 Å². The third-order valence-electron chi connectivity index (χ3n) is 4.00. The zero-order valence-corrected chi connectivity index (χ0v) is 14.7. The van der Waals surface area contributed by atoms with Gasteiger partial charge < -0.3 is 19.4 Å². The van der Waals surface area contributed by atoms with E-state index in [1.54, 1.807) is 0 Å². The summed E-state index contributed by atoms with van der Waals surface area (Å²) in [6, 6.07) is 15.3. The smallest absolute Gasteiger partial charge is 0.291 e. The van der Waals surface area contributed by atoms with Crippen molar-refractivity contribution in [3.8, 4) is 0 Å². The molecule has 0 aliphatic carbocycles. The molecule has 25 heavy (non-hydrogen) atoms. The lowest BCUT2D eigenvalue weighted by atomic mass is 10.1. The average Bonchev–Trinajstić information content (AvgIpc) is 2.99. The Morgan fingerprint density at radius 1 is 1.12 bits per heavy atom. The Bertz CT molecular complexity index is 866. The van der Waals surface area contributed by atoms with Crippen LogP contribution < -0.4 is 10.2 Å². The Hall–Kier alpha value is -2.79. The second-order valence-electron chi connectivity index (χ2n) is 5.94. The van der Waals surface area contributed by atoms with E-state index >= 15 is 0 Å². The van der Waals surface area contributed by atoms with Gasteiger partial charge in [0.2, 0.25) is 0 Å². The fourth-order valence-electron chi connectivity index (χ4n) is 2.66. The third kappa shape index (κ3) is 3.67. The van der Waals surface area contributed by atoms with Crippen molar-refractivity contribution < 1.29 is 13.9 Å². The molecule has 0 radical (unpaired) electrons. The first kappa shape index (κ1) is 17.0. The van der Waals surface area contributed by atoms with E-state index in [0.29, 0.717) is 24.6 Å². The fraction of sp³-hybridized carbons (Fsp3) is 0.250. The number of nitrogens with zero attached hydrogens (tertiary/aromatic N) is 1. The Morgan fingerprint density at radius 2 is 1.84 bits per heavy atom. The van der Waals surface area contributed by atoms with Gasteiger partial charge in [-0.05, 0) is 37.3 Å². The molecule has 1 N–H and O–H groups in total. The minimum Gasteiger partial charge on any atom is -0.451 e. The maximum Gasteiger partial charge on any atom is 0.291 e. The molecule has 5 heteroatoms. The number of para-hydroxylation sites is 1. The first-order valence-electron chi connectivity index (χ1n) is 8.27. The maximum atomic E-state index is 12.7. The predicted octanol–water partition coefficient (Wildman–Crippen LogP) is 4.29. The number of hydrogen-bond donors (Lipinski definition) is 1. The van der Waals surface area contributed by atoms with Crippen LogP contribution in [-0.4, -0.2) is 26.6 Å². The summed E-state index contributed by atoms with van der Waals surface area (Å²) < 4.78 is 11.3. The molecule has 1 amide bonds. The number of furan rings is 1. The van der Waals surface area contributed by atoms with Crippen LogP contribution in [0.5, 0.6) is 0 Å². The van der Waals surface area contributed by atoms with Crippen molar-refractivity contribution in [2.24, 2.45) is 0 Å². The fourth-order valence-corrected chi connectivity index (χ4v) is 2.66. The summed E-state index contributed by atoms with van der Waals surface area (Å²) in [5, 5.41) is 3.80. The number of carbonyl (C=O) groups is 1. The summed E-state index contributed by atoms with van der Waals surface area (Å²) in [5.41, 5.74) is 3.25. The third-order valence-corrected chi connectivity index (χ3v) is 4.00. The van der Waals surface area contributed by atoms with Gasteiger partial charge in [-0.15, -0.1) is 0 Å². The molecule has 130 valence electrons. The highest BCUT2D eigenvalue weighted by Gasteiger charge is 2.20. The molecule has 0 spiro atoms. The number of nitrogens with one attached hydrogen (secondary N) is 1. The van der Waals surface area contributed by atoms with E-state index in [4.69, 9.17) is 9.15 Å². The summed E-state index contributed by atoms with van der Waals surface area (Å²) in [6.07, 6.45) is 0. The number of fused-ring (bicyclic) bond motifs is 1. The van der Waals surface area contributed by atoms with Gasteiger partial charge in [-0.3, -0.25) is 4.79 Å². The number of ether oxygens (including phenoxy) is 1. The van der Waals surface area contributed by atoms with Gasteiger partial charge in [0.05, 0.1) is 6.61 Å². The Labute approximate surface area is 147 Å². The Kier molecular flexibility index (Phi) is 5.05. The van der Waals surface area contributed by atoms with Gasteiger partial charge in [0.15, 0.2) is 5.76 Å². The number of carbonyl (C=O) groups excluding carboxylic acids is 1. The highest BCUT2D eigenvalue weighted by molar-refractivity contribution is 6.06. The molecular weight excluding hydrogens is 316 g/mol. The van der Waals surface area contributed by atoms with Crippen molar-refractivity contribution in [3.63, 3.8) is 0 Å². The summed E-state index contributed by atoms with van der Waals surface area (Å²) >= 11 is 0. The first-order valence-corrected chi connectivity index (χ1v) is 8.27. The van der Waals surface area contributed by atoms with Crippen molar-refractivity contribution >= 4 is 28.3 Å². The molecule has 2 aromatic carbocycles. The topological polar surface area (TPSA) is 54.7 Å². The monoisotopic (exact) mass is 338 g/mol. The lowest BCUT2D eigenvalue weighted by molar-refractivity contribution is 0.0984. The molecule has 1 heterocycles. The zero-order valence-electron chi connectivity index (χ0n) is 14.7. The molecule has 0 atom stereocenters. The van der Waals surface area contributed by atoms with Gasteiger partial charge >= 0.3 is 0 Å². The number of hydrogen-bond acceptors (Lipinski definition) is 4. The molecule has 3 rings (SSSR count). The van der Waals surface area contributed by atoms with Gasteiger partial charge in [-0.1, -0.05) is 18.2 Å². The Morgan fingerprint density at radius 3 is 2.52 bits per heavy atom. The van der Waals surface area contributed by atoms with Gasteiger partial charge in [-0.2, -0.15) is 0 Å². The van der Waals surface area contributed by atoms with Crippen LogP contribution in [0, 0.1) is 0 Å². The predicted molar refractivity (Wildman–Crippen MR) is 100 cm³/mol. The summed E-state index contributed by atoms with van der Waals surface area (Å²) in [4.78, 5) is 14.7. The molecule has 0 unspecified atom stereocenters. The molecule has 1 aromatic heterocycles. The average molecular weight is 338 g/mol. The van der Waals surface area contributed by atoms with Crippen LogP contribution in [-0.2, 0) is 11.3 Å². The van der Waals surface area contributed by atoms with Crippen LogP contribution in [0.15, 0.2) is 52.9 Å². The quantitative estimate of drug-likeness (QED) is 0.728. The minimum atomic E-state index is -0.275. The van der Waals surface area contributed by atoms with Crippen LogP contribution in [0.1, 0.15) is 23.0 Å². The summed E-state index contributed by atoms with van der Waals surface area (Å²) in [6.45, 7) is 2.84. The molecule has 0 saturated carbocycles. The lowest BCUT2D eigenvalue weighted by Crippen LogP contribution is -2.14. The van der Waals surface area contributed by atoms with Crippen LogP contribution in [0.3, 0.4) is 0 Å². The number of benzene rings is 2. The van der Waals surface area contributed by atoms with E-state index < -0.39 is 0 Å². The molecular formula is C20H22N2O3. The number of amides is 1. The van der Waals surface area contributed by atoms with Crippen molar-refractivity contribution in [1.82, 2.24) is 0 Å². The van der Waals surface area contributed by atoms with Crippen molar-refractivity contribution in [3.05, 3.63) is 59.9 Å². The van der Waals surface area contributed by atoms with Crippen LogP contribution in [0.25, 0.3) is 11.0 Å². The molecule has 3 aromatic rings. The standard InChI is InChI=1S/C20H22N2O3/c1-4-24-13-17-16-7-5-6-8-18(16)25-19(17)20(23)21-14-9-11-15(12-10-14)22(2)3/h5-12H,4,13H2,1-3H3,(H,21,23). The molecule has 0 saturated heterocycles. The second kappa shape index (κ2) is 7.40. The van der Waals surface area contributed by atoms with E-state index in [9.17, 15) is 4.79 Å². The van der Waals surface area contributed by atoms with Gasteiger partial charge in [0.1, 0.15) is 5.58 Å². The number of anilines is 2. The van der Waals surface area contributed by atoms with E-state index in [1.165, 1.54) is 0 Å². The van der Waals surface area contributed by atoms with Gasteiger partial charge in [-0.25, -0.2) is 0 Å². The molecule has 0 bridgehead atoms. The highest BCUT2D eigenvalue weighted by atomic mass is 16.5. The summed E-state index contributed by atoms with van der Waals surface area (Å²) in [7, 11) is 3.95. The van der Waals surface area contributed by atoms with E-state index in [2.05, 4.69) is 5.32 Å². The van der Waals surface area contributed by atoms with Crippen LogP contribution >= 0.6 is 0 Å². The van der Waals surface area contributed by atoms with Gasteiger partial charge in [0, 0.05) is 43.0 Å². The van der Waals surface area contributed by atoms with Crippen molar-refractivity contribution in [1.29, 1.82) is 0 Å². The molecule has 0 fully saturated rings. The van der Waals surface area contributed by atoms with E-state index in [1.807, 2.05) is 74.4 Å². The lowest BCUT2D eigenvalue weighted by Gasteiger charge is -2.13. The normalized spacial score (nSPS) is 10.8. The minimum absolute atomic E-state index is 0.275. The first-order chi connectivity index (χ1) is 12.1. The molecule has 0 aliphatic heterocycles. The maximum absolute atomic E-state index is 12.7. The second-order valence-corrected chi connectivity index (χ2v) is 5.94. The highest BCUT2D eigenvalue weighted by Crippen LogP contribution is 2.27. The van der Waals surface area contributed by atoms with Crippen LogP contribution in [0.2, 0.25) is 0 Å². The summed E-state index contributed by atoms with van der Waals surface area (Å²) in [5.74, 6) is 0.0230. The van der Waals surface area contributed by atoms with Crippen molar-refractivity contribution in [2.75, 3.05) is 30.9 Å². The SMILES string of the molecule is CCOCc1c(C(=O)Nc2ccc(N(C)C)cc2)oc2ccccc12. The molecule has 0 aliphatic rings. The zero-order chi connectivity index (χ0) is 17.8. The van der Waals surface area contributed by atoms with Crippen molar-refractivity contribution in [2.45, 2.75) is 13.5 Å². The largest absolute Gasteiger partial charge is 0.451 e. The van der Waals surface area contributed by atoms with E-state index in [-0.39, 0.29) is 5.91 Å². The molecule has 5 nitrogen and oxygen atoms in total. The number of rotatable bonds is 6. The van der Waals surface area contributed by atoms with Crippen LogP contribution in [0.4, 0.5) is 11.4 Å². The van der Waals surface area contributed by atoms with E-state index in [0.717, 1.165) is 22.3 Å². The Balaban J connectivity index is 1.88.